The molecule has 142 valence electrons. The molecular formula is C20H19N5O3. The Bertz CT molecular complexity index is 1220. The molecule has 0 saturated heterocycles. The number of para-hydroxylation sites is 1. The van der Waals surface area contributed by atoms with Crippen molar-refractivity contribution in [3.8, 4) is 5.75 Å². The van der Waals surface area contributed by atoms with Crippen LogP contribution in [0.5, 0.6) is 5.75 Å². The van der Waals surface area contributed by atoms with Crippen molar-refractivity contribution in [1.82, 2.24) is 24.5 Å². The van der Waals surface area contributed by atoms with Crippen LogP contribution in [0.2, 0.25) is 0 Å². The monoisotopic (exact) mass is 377 g/mol. The van der Waals surface area contributed by atoms with Crippen LogP contribution < -0.4 is 15.7 Å². The SMILES string of the molecule is COc1ccc(CNC(=O)Cn2nc3c4cccc(C)c4ncn3c2=O)cc1. The standard InChI is InChI=1S/C20H19N5O3/c1-13-4-3-5-16-18(13)22-12-24-19(16)23-25(20(24)27)11-17(26)21-10-14-6-8-15(28-2)9-7-14/h3-9,12H,10-11H2,1-2H3,(H,21,26). The van der Waals surface area contributed by atoms with E-state index in [1.54, 1.807) is 7.11 Å². The van der Waals surface area contributed by atoms with Gasteiger partial charge < -0.3 is 10.1 Å². The highest BCUT2D eigenvalue weighted by atomic mass is 16.5. The number of rotatable bonds is 5. The van der Waals surface area contributed by atoms with Crippen LogP contribution in [-0.4, -0.2) is 32.2 Å². The first-order chi connectivity index (χ1) is 13.6. The fourth-order valence-electron chi connectivity index (χ4n) is 3.07. The zero-order valence-corrected chi connectivity index (χ0v) is 15.5. The molecule has 4 aromatic rings. The Balaban J connectivity index is 1.54. The second kappa shape index (κ2) is 7.15. The van der Waals surface area contributed by atoms with Crippen molar-refractivity contribution in [2.45, 2.75) is 20.0 Å². The van der Waals surface area contributed by atoms with E-state index in [4.69, 9.17) is 4.74 Å². The number of hydrogen-bond donors (Lipinski definition) is 1. The van der Waals surface area contributed by atoms with Crippen LogP contribution in [0.4, 0.5) is 0 Å². The maximum atomic E-state index is 12.6. The average molecular weight is 377 g/mol. The van der Waals surface area contributed by atoms with Gasteiger partial charge in [0.25, 0.3) is 0 Å². The number of nitrogens with zero attached hydrogens (tertiary/aromatic N) is 4. The molecule has 4 rings (SSSR count). The summed E-state index contributed by atoms with van der Waals surface area (Å²) < 4.78 is 7.63. The predicted octanol–water partition coefficient (Wildman–Crippen LogP) is 1.68. The molecule has 0 fully saturated rings. The minimum Gasteiger partial charge on any atom is -0.497 e. The minimum atomic E-state index is -0.398. The summed E-state index contributed by atoms with van der Waals surface area (Å²) >= 11 is 0. The van der Waals surface area contributed by atoms with Gasteiger partial charge in [-0.3, -0.25) is 4.79 Å². The molecule has 0 atom stereocenters. The van der Waals surface area contributed by atoms with E-state index in [9.17, 15) is 9.59 Å². The molecule has 8 heteroatoms. The molecule has 28 heavy (non-hydrogen) atoms. The molecule has 0 bridgehead atoms. The van der Waals surface area contributed by atoms with Crippen LogP contribution in [0.1, 0.15) is 11.1 Å². The normalized spacial score (nSPS) is 11.1. The highest BCUT2D eigenvalue weighted by molar-refractivity contribution is 5.92. The number of fused-ring (bicyclic) bond motifs is 3. The summed E-state index contributed by atoms with van der Waals surface area (Å²) in [5.41, 5.74) is 2.81. The number of nitrogens with one attached hydrogen (secondary N) is 1. The van der Waals surface area contributed by atoms with Crippen molar-refractivity contribution in [1.29, 1.82) is 0 Å². The first kappa shape index (κ1) is 17.7. The maximum Gasteiger partial charge on any atom is 0.352 e. The van der Waals surface area contributed by atoms with Crippen LogP contribution in [0.15, 0.2) is 53.6 Å². The van der Waals surface area contributed by atoms with E-state index >= 15 is 0 Å². The molecule has 2 aromatic heterocycles. The van der Waals surface area contributed by atoms with Crippen LogP contribution >= 0.6 is 0 Å². The lowest BCUT2D eigenvalue weighted by Gasteiger charge is -2.06. The third kappa shape index (κ3) is 3.20. The fraction of sp³-hybridized carbons (Fsp3) is 0.200. The number of carbonyl (C=O) groups is 1. The Labute approximate surface area is 160 Å². The Morgan fingerprint density at radius 3 is 2.71 bits per heavy atom. The van der Waals surface area contributed by atoms with Crippen LogP contribution in [0.25, 0.3) is 16.6 Å². The quantitative estimate of drug-likeness (QED) is 0.571. The van der Waals surface area contributed by atoms with E-state index < -0.39 is 5.69 Å². The predicted molar refractivity (Wildman–Crippen MR) is 104 cm³/mol. The first-order valence-corrected chi connectivity index (χ1v) is 8.80. The van der Waals surface area contributed by atoms with Gasteiger partial charge in [0, 0.05) is 11.9 Å². The second-order valence-corrected chi connectivity index (χ2v) is 6.47. The molecule has 0 aliphatic carbocycles. The Hall–Kier alpha value is -3.68. The molecule has 0 radical (unpaired) electrons. The van der Waals surface area contributed by atoms with E-state index in [-0.39, 0.29) is 12.5 Å². The zero-order chi connectivity index (χ0) is 19.7. The van der Waals surface area contributed by atoms with E-state index in [1.807, 2.05) is 49.4 Å². The summed E-state index contributed by atoms with van der Waals surface area (Å²) in [6, 6.07) is 13.1. The summed E-state index contributed by atoms with van der Waals surface area (Å²) in [5, 5.41) is 7.92. The van der Waals surface area contributed by atoms with E-state index in [0.717, 1.165) is 32.5 Å². The van der Waals surface area contributed by atoms with Gasteiger partial charge in [0.1, 0.15) is 18.6 Å². The first-order valence-electron chi connectivity index (χ1n) is 8.80. The molecule has 2 heterocycles. The molecule has 1 N–H and O–H groups in total. The molecule has 0 unspecified atom stereocenters. The van der Waals surface area contributed by atoms with Gasteiger partial charge in [0.2, 0.25) is 5.91 Å². The van der Waals surface area contributed by atoms with Gasteiger partial charge in [0.05, 0.1) is 12.6 Å². The zero-order valence-electron chi connectivity index (χ0n) is 15.5. The second-order valence-electron chi connectivity index (χ2n) is 6.47. The Kier molecular flexibility index (Phi) is 4.52. The third-order valence-corrected chi connectivity index (χ3v) is 4.59. The molecule has 0 aliphatic rings. The minimum absolute atomic E-state index is 0.163. The Morgan fingerprint density at radius 2 is 1.96 bits per heavy atom. The number of aromatic nitrogens is 4. The van der Waals surface area contributed by atoms with Gasteiger partial charge in [-0.1, -0.05) is 24.3 Å². The largest absolute Gasteiger partial charge is 0.497 e. The molecule has 0 spiro atoms. The summed E-state index contributed by atoms with van der Waals surface area (Å²) in [6.45, 7) is 2.14. The smallest absolute Gasteiger partial charge is 0.352 e. The van der Waals surface area contributed by atoms with Crippen molar-refractivity contribution in [3.05, 3.63) is 70.4 Å². The van der Waals surface area contributed by atoms with Gasteiger partial charge >= 0.3 is 5.69 Å². The lowest BCUT2D eigenvalue weighted by molar-refractivity contribution is -0.122. The number of amides is 1. The molecule has 8 nitrogen and oxygen atoms in total. The van der Waals surface area contributed by atoms with Gasteiger partial charge in [-0.25, -0.2) is 18.9 Å². The molecule has 2 aromatic carbocycles. The summed E-state index contributed by atoms with van der Waals surface area (Å²) in [7, 11) is 1.60. The Morgan fingerprint density at radius 1 is 1.18 bits per heavy atom. The summed E-state index contributed by atoms with van der Waals surface area (Å²) in [6.07, 6.45) is 1.45. The molecular weight excluding hydrogens is 358 g/mol. The van der Waals surface area contributed by atoms with Gasteiger partial charge in [-0.2, -0.15) is 0 Å². The third-order valence-electron chi connectivity index (χ3n) is 4.59. The van der Waals surface area contributed by atoms with Crippen molar-refractivity contribution in [2.75, 3.05) is 7.11 Å². The number of hydrogen-bond acceptors (Lipinski definition) is 5. The van der Waals surface area contributed by atoms with E-state index in [0.29, 0.717) is 12.2 Å². The summed E-state index contributed by atoms with van der Waals surface area (Å²) in [4.78, 5) is 29.2. The molecule has 1 amide bonds. The number of ether oxygens (including phenoxy) is 1. The number of aryl methyl sites for hydroxylation is 1. The van der Waals surface area contributed by atoms with E-state index in [2.05, 4.69) is 15.4 Å². The number of methoxy groups -OCH3 is 1. The molecule has 0 aliphatic heterocycles. The van der Waals surface area contributed by atoms with Gasteiger partial charge in [-0.05, 0) is 36.2 Å². The van der Waals surface area contributed by atoms with Crippen LogP contribution in [-0.2, 0) is 17.9 Å². The van der Waals surface area contributed by atoms with Crippen LogP contribution in [0, 0.1) is 6.92 Å². The maximum absolute atomic E-state index is 12.6. The lowest BCUT2D eigenvalue weighted by Crippen LogP contribution is -2.32. The topological polar surface area (TPSA) is 90.5 Å². The highest BCUT2D eigenvalue weighted by Crippen LogP contribution is 2.18. The lowest BCUT2D eigenvalue weighted by atomic mass is 10.1. The fourth-order valence-corrected chi connectivity index (χ4v) is 3.07. The van der Waals surface area contributed by atoms with Gasteiger partial charge in [0.15, 0.2) is 5.65 Å². The van der Waals surface area contributed by atoms with Crippen molar-refractivity contribution in [2.24, 2.45) is 0 Å². The average Bonchev–Trinajstić information content (AvgIpc) is 3.03. The van der Waals surface area contributed by atoms with Crippen LogP contribution in [0.3, 0.4) is 0 Å². The van der Waals surface area contributed by atoms with Crippen molar-refractivity contribution >= 4 is 22.5 Å². The number of carbonyl (C=O) groups excluding carboxylic acids is 1. The summed E-state index contributed by atoms with van der Waals surface area (Å²) in [5.74, 6) is 0.456. The van der Waals surface area contributed by atoms with E-state index in [1.165, 1.54) is 10.7 Å². The van der Waals surface area contributed by atoms with Crippen molar-refractivity contribution in [3.63, 3.8) is 0 Å². The number of benzene rings is 2. The molecule has 0 saturated carbocycles. The highest BCUT2D eigenvalue weighted by Gasteiger charge is 2.14. The van der Waals surface area contributed by atoms with Crippen molar-refractivity contribution < 1.29 is 9.53 Å². The van der Waals surface area contributed by atoms with Gasteiger partial charge in [-0.15, -0.1) is 5.10 Å².